The van der Waals surface area contributed by atoms with Crippen LogP contribution in [0.1, 0.15) is 24.5 Å². The van der Waals surface area contributed by atoms with E-state index < -0.39 is 0 Å². The molecule has 22 heavy (non-hydrogen) atoms. The van der Waals surface area contributed by atoms with E-state index in [0.29, 0.717) is 5.92 Å². The average molecular weight is 303 g/mol. The number of nitrogens with one attached hydrogen (secondary N) is 1. The van der Waals surface area contributed by atoms with Gasteiger partial charge in [-0.3, -0.25) is 4.99 Å². The first kappa shape index (κ1) is 16.8. The Morgan fingerprint density at radius 3 is 2.77 bits per heavy atom. The second kappa shape index (κ2) is 8.79. The molecule has 0 spiro atoms. The summed E-state index contributed by atoms with van der Waals surface area (Å²) in [5.41, 5.74) is 2.65. The summed E-state index contributed by atoms with van der Waals surface area (Å²) >= 11 is 0. The van der Waals surface area contributed by atoms with Crippen molar-refractivity contribution in [2.45, 2.75) is 26.7 Å². The Kier molecular flexibility index (Phi) is 6.72. The summed E-state index contributed by atoms with van der Waals surface area (Å²) in [4.78, 5) is 7.00. The van der Waals surface area contributed by atoms with Gasteiger partial charge < -0.3 is 15.0 Å². The molecule has 0 saturated carbocycles. The van der Waals surface area contributed by atoms with Crippen molar-refractivity contribution >= 4 is 5.96 Å². The minimum atomic E-state index is 0.631. The molecule has 0 aliphatic carbocycles. The molecule has 0 aromatic heterocycles. The predicted molar refractivity (Wildman–Crippen MR) is 92.4 cm³/mol. The number of hydrogen-bond acceptors (Lipinski definition) is 2. The monoisotopic (exact) mass is 303 g/mol. The fourth-order valence-corrected chi connectivity index (χ4v) is 2.72. The molecule has 1 N–H and O–H groups in total. The number of aliphatic imine (C=N–C) groups is 1. The number of guanidine groups is 1. The van der Waals surface area contributed by atoms with E-state index in [1.807, 2.05) is 0 Å². The van der Waals surface area contributed by atoms with E-state index in [9.17, 15) is 0 Å². The molecule has 2 rings (SSSR count). The van der Waals surface area contributed by atoms with Gasteiger partial charge >= 0.3 is 0 Å². The number of ether oxygens (including phenoxy) is 1. The Balaban J connectivity index is 1.86. The van der Waals surface area contributed by atoms with E-state index in [2.05, 4.69) is 55.4 Å². The zero-order chi connectivity index (χ0) is 15.8. The minimum Gasteiger partial charge on any atom is -0.381 e. The van der Waals surface area contributed by atoms with Gasteiger partial charge in [0.1, 0.15) is 0 Å². The SMILES string of the molecule is CCNC(=NCCc1ccc(C)cc1)N(C)CC1CCOC1. The minimum absolute atomic E-state index is 0.631. The number of nitrogens with zero attached hydrogens (tertiary/aromatic N) is 2. The Morgan fingerprint density at radius 2 is 2.14 bits per heavy atom. The summed E-state index contributed by atoms with van der Waals surface area (Å²) in [5, 5.41) is 3.39. The average Bonchev–Trinajstić information content (AvgIpc) is 3.01. The summed E-state index contributed by atoms with van der Waals surface area (Å²) in [5.74, 6) is 1.63. The zero-order valence-electron chi connectivity index (χ0n) is 14.1. The molecular weight excluding hydrogens is 274 g/mol. The van der Waals surface area contributed by atoms with Crippen LogP contribution >= 0.6 is 0 Å². The molecule has 1 fully saturated rings. The van der Waals surface area contributed by atoms with Crippen LogP contribution in [-0.4, -0.2) is 50.8 Å². The van der Waals surface area contributed by atoms with Crippen LogP contribution in [0, 0.1) is 12.8 Å². The number of aryl methyl sites for hydroxylation is 1. The standard InChI is InChI=1S/C18H29N3O/c1-4-19-18(21(3)13-17-10-12-22-14-17)20-11-9-16-7-5-15(2)6-8-16/h5-8,17H,4,9-14H2,1-3H3,(H,19,20). The van der Waals surface area contributed by atoms with Gasteiger partial charge in [-0.05, 0) is 32.3 Å². The lowest BCUT2D eigenvalue weighted by Crippen LogP contribution is -2.41. The molecule has 4 heteroatoms. The van der Waals surface area contributed by atoms with Gasteiger partial charge in [-0.1, -0.05) is 29.8 Å². The van der Waals surface area contributed by atoms with E-state index in [1.165, 1.54) is 11.1 Å². The summed E-state index contributed by atoms with van der Waals surface area (Å²) in [6.07, 6.45) is 2.14. The maximum Gasteiger partial charge on any atom is 0.193 e. The highest BCUT2D eigenvalue weighted by Gasteiger charge is 2.18. The zero-order valence-corrected chi connectivity index (χ0v) is 14.1. The van der Waals surface area contributed by atoms with Crippen LogP contribution in [0.25, 0.3) is 0 Å². The lowest BCUT2D eigenvalue weighted by molar-refractivity contribution is 0.181. The van der Waals surface area contributed by atoms with Crippen LogP contribution < -0.4 is 5.32 Å². The highest BCUT2D eigenvalue weighted by atomic mass is 16.5. The number of hydrogen-bond donors (Lipinski definition) is 1. The van der Waals surface area contributed by atoms with Gasteiger partial charge in [0.25, 0.3) is 0 Å². The van der Waals surface area contributed by atoms with Crippen LogP contribution in [0.5, 0.6) is 0 Å². The maximum absolute atomic E-state index is 5.46. The third kappa shape index (κ3) is 5.34. The van der Waals surface area contributed by atoms with Gasteiger partial charge in [0.05, 0.1) is 6.61 Å². The molecule has 0 radical (unpaired) electrons. The molecule has 1 aromatic carbocycles. The van der Waals surface area contributed by atoms with Crippen molar-refractivity contribution in [3.63, 3.8) is 0 Å². The molecule has 1 aliphatic heterocycles. The molecule has 122 valence electrons. The predicted octanol–water partition coefficient (Wildman–Crippen LogP) is 2.47. The fourth-order valence-electron chi connectivity index (χ4n) is 2.72. The normalized spacial score (nSPS) is 18.5. The van der Waals surface area contributed by atoms with Crippen LogP contribution in [0.4, 0.5) is 0 Å². The Bertz CT molecular complexity index is 464. The number of benzene rings is 1. The largest absolute Gasteiger partial charge is 0.381 e. The number of rotatable bonds is 6. The third-order valence-corrected chi connectivity index (χ3v) is 4.04. The maximum atomic E-state index is 5.46. The molecule has 1 atom stereocenters. The molecule has 1 unspecified atom stereocenters. The molecule has 0 amide bonds. The molecule has 1 saturated heterocycles. The molecule has 4 nitrogen and oxygen atoms in total. The summed E-state index contributed by atoms with van der Waals surface area (Å²) in [6.45, 7) is 8.74. The smallest absolute Gasteiger partial charge is 0.193 e. The van der Waals surface area contributed by atoms with Gasteiger partial charge in [0.2, 0.25) is 0 Å². The first-order valence-electron chi connectivity index (χ1n) is 8.31. The van der Waals surface area contributed by atoms with Gasteiger partial charge in [-0.15, -0.1) is 0 Å². The van der Waals surface area contributed by atoms with Crippen LogP contribution in [0.2, 0.25) is 0 Å². The lowest BCUT2D eigenvalue weighted by atomic mass is 10.1. The van der Waals surface area contributed by atoms with E-state index in [0.717, 1.165) is 51.6 Å². The quantitative estimate of drug-likeness (QED) is 0.648. The molecule has 0 bridgehead atoms. The van der Waals surface area contributed by atoms with E-state index in [4.69, 9.17) is 9.73 Å². The van der Waals surface area contributed by atoms with E-state index >= 15 is 0 Å². The summed E-state index contributed by atoms with van der Waals surface area (Å²) in [6, 6.07) is 8.71. The van der Waals surface area contributed by atoms with E-state index in [-0.39, 0.29) is 0 Å². The second-order valence-electron chi connectivity index (χ2n) is 6.08. The van der Waals surface area contributed by atoms with Crippen molar-refractivity contribution in [1.82, 2.24) is 10.2 Å². The van der Waals surface area contributed by atoms with Crippen molar-refractivity contribution in [2.24, 2.45) is 10.9 Å². The fraction of sp³-hybridized carbons (Fsp3) is 0.611. The molecule has 1 aromatic rings. The van der Waals surface area contributed by atoms with Gasteiger partial charge in [0, 0.05) is 39.2 Å². The van der Waals surface area contributed by atoms with Crippen molar-refractivity contribution in [3.8, 4) is 0 Å². The summed E-state index contributed by atoms with van der Waals surface area (Å²) < 4.78 is 5.46. The Morgan fingerprint density at radius 1 is 1.36 bits per heavy atom. The van der Waals surface area contributed by atoms with Crippen molar-refractivity contribution in [1.29, 1.82) is 0 Å². The Hall–Kier alpha value is -1.55. The van der Waals surface area contributed by atoms with Crippen molar-refractivity contribution < 1.29 is 4.74 Å². The molecule has 1 heterocycles. The van der Waals surface area contributed by atoms with Crippen LogP contribution in [-0.2, 0) is 11.2 Å². The first-order valence-corrected chi connectivity index (χ1v) is 8.31. The van der Waals surface area contributed by atoms with E-state index in [1.54, 1.807) is 0 Å². The summed E-state index contributed by atoms with van der Waals surface area (Å²) in [7, 11) is 2.12. The van der Waals surface area contributed by atoms with Gasteiger partial charge in [-0.25, -0.2) is 0 Å². The Labute approximate surface area is 134 Å². The third-order valence-electron chi connectivity index (χ3n) is 4.04. The van der Waals surface area contributed by atoms with Crippen molar-refractivity contribution in [3.05, 3.63) is 35.4 Å². The second-order valence-corrected chi connectivity index (χ2v) is 6.08. The highest BCUT2D eigenvalue weighted by molar-refractivity contribution is 5.79. The topological polar surface area (TPSA) is 36.9 Å². The van der Waals surface area contributed by atoms with Crippen LogP contribution in [0.3, 0.4) is 0 Å². The first-order chi connectivity index (χ1) is 10.7. The highest BCUT2D eigenvalue weighted by Crippen LogP contribution is 2.13. The van der Waals surface area contributed by atoms with Gasteiger partial charge in [0.15, 0.2) is 5.96 Å². The van der Waals surface area contributed by atoms with Crippen molar-refractivity contribution in [2.75, 3.05) is 39.9 Å². The van der Waals surface area contributed by atoms with Crippen LogP contribution in [0.15, 0.2) is 29.3 Å². The lowest BCUT2D eigenvalue weighted by Gasteiger charge is -2.24. The molecule has 1 aliphatic rings. The molecular formula is C18H29N3O. The van der Waals surface area contributed by atoms with Gasteiger partial charge in [-0.2, -0.15) is 0 Å².